The number of thioether (sulfide) groups is 1. The van der Waals surface area contributed by atoms with Crippen LogP contribution in [0.4, 0.5) is 0 Å². The minimum absolute atomic E-state index is 0.0281. The number of benzene rings is 1. The molecule has 0 atom stereocenters. The molecule has 2 rings (SSSR count). The van der Waals surface area contributed by atoms with Gasteiger partial charge in [0.1, 0.15) is 0 Å². The first-order valence-electron chi connectivity index (χ1n) is 8.52. The predicted octanol–water partition coefficient (Wildman–Crippen LogP) is 3.82. The van der Waals surface area contributed by atoms with E-state index in [1.54, 1.807) is 10.6 Å². The summed E-state index contributed by atoms with van der Waals surface area (Å²) in [5.41, 5.74) is 0.594. The van der Waals surface area contributed by atoms with Crippen molar-refractivity contribution in [3.63, 3.8) is 0 Å². The van der Waals surface area contributed by atoms with Crippen molar-refractivity contribution >= 4 is 44.5 Å². The first-order valence-corrected chi connectivity index (χ1v) is 10.3. The molecule has 1 heterocycles. The van der Waals surface area contributed by atoms with E-state index in [1.165, 1.54) is 11.8 Å². The minimum atomic E-state index is -0.0612. The Kier molecular flexibility index (Phi) is 7.50. The van der Waals surface area contributed by atoms with E-state index in [0.717, 1.165) is 17.3 Å². The Balaban J connectivity index is 2.29. The van der Waals surface area contributed by atoms with Crippen molar-refractivity contribution < 1.29 is 4.79 Å². The average Bonchev–Trinajstić information content (AvgIpc) is 2.56. The van der Waals surface area contributed by atoms with Crippen molar-refractivity contribution in [1.29, 1.82) is 0 Å². The van der Waals surface area contributed by atoms with Gasteiger partial charge in [-0.05, 0) is 30.5 Å². The van der Waals surface area contributed by atoms with Gasteiger partial charge in [-0.2, -0.15) is 0 Å². The van der Waals surface area contributed by atoms with Gasteiger partial charge in [0.2, 0.25) is 5.91 Å². The average molecular weight is 426 g/mol. The van der Waals surface area contributed by atoms with Crippen LogP contribution in [0.2, 0.25) is 0 Å². The number of hydrogen-bond acceptors (Lipinski definition) is 4. The smallest absolute Gasteiger partial charge is 0.262 e. The number of nitrogens with zero attached hydrogens (tertiary/aromatic N) is 2. The number of rotatable bonds is 8. The standard InChI is InChI=1S/C18H24BrN3O2S/c1-4-5-8-20-16(23)11-25-18-21-15-7-6-13(19)9-14(15)17(24)22(18)10-12(2)3/h6-7,9,12H,4-5,8,10-11H2,1-3H3,(H,20,23). The minimum Gasteiger partial charge on any atom is -0.355 e. The Labute approximate surface area is 160 Å². The molecule has 1 aromatic heterocycles. The molecule has 25 heavy (non-hydrogen) atoms. The first-order chi connectivity index (χ1) is 11.9. The largest absolute Gasteiger partial charge is 0.355 e. The van der Waals surface area contributed by atoms with Crippen LogP contribution >= 0.6 is 27.7 Å². The molecular formula is C18H24BrN3O2S. The quantitative estimate of drug-likeness (QED) is 0.396. The van der Waals surface area contributed by atoms with Crippen molar-refractivity contribution in [2.75, 3.05) is 12.3 Å². The van der Waals surface area contributed by atoms with Crippen molar-refractivity contribution in [2.24, 2.45) is 5.92 Å². The van der Waals surface area contributed by atoms with Gasteiger partial charge in [0.05, 0.1) is 16.7 Å². The molecule has 7 heteroatoms. The maximum Gasteiger partial charge on any atom is 0.262 e. The van der Waals surface area contributed by atoms with Crippen LogP contribution in [0.5, 0.6) is 0 Å². The highest BCUT2D eigenvalue weighted by molar-refractivity contribution is 9.10. The Morgan fingerprint density at radius 3 is 2.84 bits per heavy atom. The van der Waals surface area contributed by atoms with Gasteiger partial charge >= 0.3 is 0 Å². The summed E-state index contributed by atoms with van der Waals surface area (Å²) in [5, 5.41) is 4.08. The number of halogens is 1. The van der Waals surface area contributed by atoms with E-state index in [2.05, 4.69) is 47.0 Å². The zero-order chi connectivity index (χ0) is 18.4. The number of unbranched alkanes of at least 4 members (excludes halogenated alkanes) is 1. The highest BCUT2D eigenvalue weighted by Gasteiger charge is 2.14. The van der Waals surface area contributed by atoms with Crippen LogP contribution in [0.1, 0.15) is 33.6 Å². The van der Waals surface area contributed by atoms with E-state index >= 15 is 0 Å². The molecule has 0 radical (unpaired) electrons. The fraction of sp³-hybridized carbons (Fsp3) is 0.500. The van der Waals surface area contributed by atoms with Gasteiger partial charge in [0.15, 0.2) is 5.16 Å². The zero-order valence-electron chi connectivity index (χ0n) is 14.8. The lowest BCUT2D eigenvalue weighted by atomic mass is 10.2. The zero-order valence-corrected chi connectivity index (χ0v) is 17.2. The molecule has 1 N–H and O–H groups in total. The molecule has 1 amide bonds. The normalized spacial score (nSPS) is 11.2. The molecule has 0 saturated heterocycles. The molecule has 0 saturated carbocycles. The third-order valence-corrected chi connectivity index (χ3v) is 5.08. The van der Waals surface area contributed by atoms with Crippen LogP contribution in [0, 0.1) is 5.92 Å². The van der Waals surface area contributed by atoms with Gasteiger partial charge in [0, 0.05) is 17.6 Å². The molecule has 136 valence electrons. The van der Waals surface area contributed by atoms with E-state index in [9.17, 15) is 9.59 Å². The van der Waals surface area contributed by atoms with Crippen molar-refractivity contribution in [3.8, 4) is 0 Å². The monoisotopic (exact) mass is 425 g/mol. The van der Waals surface area contributed by atoms with Gasteiger partial charge in [-0.25, -0.2) is 4.98 Å². The van der Waals surface area contributed by atoms with Crippen LogP contribution < -0.4 is 10.9 Å². The molecule has 0 fully saturated rings. The summed E-state index contributed by atoms with van der Waals surface area (Å²) in [5.74, 6) is 0.539. The highest BCUT2D eigenvalue weighted by atomic mass is 79.9. The Hall–Kier alpha value is -1.34. The molecule has 2 aromatic rings. The molecule has 0 spiro atoms. The number of amides is 1. The SMILES string of the molecule is CCCCNC(=O)CSc1nc2ccc(Br)cc2c(=O)n1CC(C)C. The van der Waals surface area contributed by atoms with E-state index in [4.69, 9.17) is 0 Å². The van der Waals surface area contributed by atoms with Gasteiger partial charge in [-0.15, -0.1) is 0 Å². The van der Waals surface area contributed by atoms with E-state index in [0.29, 0.717) is 35.1 Å². The van der Waals surface area contributed by atoms with Crippen LogP contribution in [0.25, 0.3) is 10.9 Å². The third-order valence-electron chi connectivity index (χ3n) is 3.61. The first kappa shape index (κ1) is 20.0. The summed E-state index contributed by atoms with van der Waals surface area (Å²) < 4.78 is 2.54. The fourth-order valence-electron chi connectivity index (χ4n) is 2.39. The maximum atomic E-state index is 12.9. The Bertz CT molecular complexity index is 805. The molecular weight excluding hydrogens is 402 g/mol. The number of aromatic nitrogens is 2. The summed E-state index contributed by atoms with van der Waals surface area (Å²) in [4.78, 5) is 29.5. The van der Waals surface area contributed by atoms with Crippen molar-refractivity contribution in [3.05, 3.63) is 33.0 Å². The summed E-state index contributed by atoms with van der Waals surface area (Å²) in [6.45, 7) is 7.47. The van der Waals surface area contributed by atoms with E-state index in [-0.39, 0.29) is 17.2 Å². The van der Waals surface area contributed by atoms with Crippen LogP contribution in [-0.4, -0.2) is 27.8 Å². The van der Waals surface area contributed by atoms with E-state index < -0.39 is 0 Å². The van der Waals surface area contributed by atoms with Crippen LogP contribution in [-0.2, 0) is 11.3 Å². The summed E-state index contributed by atoms with van der Waals surface area (Å²) in [6.07, 6.45) is 2.01. The van der Waals surface area contributed by atoms with Gasteiger partial charge in [-0.1, -0.05) is 54.9 Å². The van der Waals surface area contributed by atoms with Crippen LogP contribution in [0.3, 0.4) is 0 Å². The Morgan fingerprint density at radius 1 is 1.40 bits per heavy atom. The number of nitrogens with one attached hydrogen (secondary N) is 1. The molecule has 0 unspecified atom stereocenters. The molecule has 1 aromatic carbocycles. The number of carbonyl (C=O) groups is 1. The summed E-state index contributed by atoms with van der Waals surface area (Å²) in [7, 11) is 0. The van der Waals surface area contributed by atoms with Crippen LogP contribution in [0.15, 0.2) is 32.6 Å². The number of hydrogen-bond donors (Lipinski definition) is 1. The lowest BCUT2D eigenvalue weighted by Gasteiger charge is -2.15. The highest BCUT2D eigenvalue weighted by Crippen LogP contribution is 2.21. The van der Waals surface area contributed by atoms with Gasteiger partial charge in [-0.3, -0.25) is 14.2 Å². The molecule has 5 nitrogen and oxygen atoms in total. The second-order valence-electron chi connectivity index (χ2n) is 6.36. The molecule has 0 aliphatic heterocycles. The van der Waals surface area contributed by atoms with Crippen molar-refractivity contribution in [1.82, 2.24) is 14.9 Å². The van der Waals surface area contributed by atoms with Crippen molar-refractivity contribution in [2.45, 2.75) is 45.3 Å². The predicted molar refractivity (Wildman–Crippen MR) is 107 cm³/mol. The lowest BCUT2D eigenvalue weighted by molar-refractivity contribution is -0.118. The lowest BCUT2D eigenvalue weighted by Crippen LogP contribution is -2.28. The maximum absolute atomic E-state index is 12.9. The topological polar surface area (TPSA) is 64.0 Å². The Morgan fingerprint density at radius 2 is 2.16 bits per heavy atom. The summed E-state index contributed by atoms with van der Waals surface area (Å²) in [6, 6.07) is 5.49. The molecule has 0 bridgehead atoms. The third kappa shape index (κ3) is 5.57. The fourth-order valence-corrected chi connectivity index (χ4v) is 3.59. The number of fused-ring (bicyclic) bond motifs is 1. The number of carbonyl (C=O) groups excluding carboxylic acids is 1. The second-order valence-corrected chi connectivity index (χ2v) is 8.22. The van der Waals surface area contributed by atoms with E-state index in [1.807, 2.05) is 12.1 Å². The van der Waals surface area contributed by atoms with Gasteiger partial charge in [0.25, 0.3) is 5.56 Å². The summed E-state index contributed by atoms with van der Waals surface area (Å²) >= 11 is 4.72. The second kappa shape index (κ2) is 9.38. The van der Waals surface area contributed by atoms with Gasteiger partial charge < -0.3 is 5.32 Å². The molecule has 0 aliphatic carbocycles. The molecule has 0 aliphatic rings.